The predicted octanol–water partition coefficient (Wildman–Crippen LogP) is 4.86. The second-order valence-corrected chi connectivity index (χ2v) is 5.87. The summed E-state index contributed by atoms with van der Waals surface area (Å²) in [5, 5.41) is 3.55. The molecule has 2 rings (SSSR count). The standard InChI is InChI=1S/C19H25NO/c1-14(2)17-7-9-18(10-8-17)20-15(3)13-16-5-11-19(21-4)12-6-16/h5-12,14-15,20H,13H2,1-4H3. The minimum absolute atomic E-state index is 0.392. The van der Waals surface area contributed by atoms with Crippen molar-refractivity contribution in [3.8, 4) is 5.75 Å². The fraction of sp³-hybridized carbons (Fsp3) is 0.368. The van der Waals surface area contributed by atoms with Gasteiger partial charge in [-0.15, -0.1) is 0 Å². The van der Waals surface area contributed by atoms with Crippen LogP contribution in [0.4, 0.5) is 5.69 Å². The molecular formula is C19H25NO. The first-order chi connectivity index (χ1) is 10.1. The summed E-state index contributed by atoms with van der Waals surface area (Å²) in [7, 11) is 1.69. The summed E-state index contributed by atoms with van der Waals surface area (Å²) in [6.07, 6.45) is 0.996. The summed E-state index contributed by atoms with van der Waals surface area (Å²) in [6.45, 7) is 6.64. The van der Waals surface area contributed by atoms with Crippen molar-refractivity contribution in [2.24, 2.45) is 0 Å². The molecule has 21 heavy (non-hydrogen) atoms. The van der Waals surface area contributed by atoms with Crippen LogP contribution in [-0.2, 0) is 6.42 Å². The van der Waals surface area contributed by atoms with Gasteiger partial charge in [0, 0.05) is 11.7 Å². The minimum Gasteiger partial charge on any atom is -0.497 e. The lowest BCUT2D eigenvalue weighted by Gasteiger charge is -2.16. The third-order valence-electron chi connectivity index (χ3n) is 3.69. The molecule has 1 N–H and O–H groups in total. The second kappa shape index (κ2) is 7.16. The number of methoxy groups -OCH3 is 1. The zero-order valence-corrected chi connectivity index (χ0v) is 13.4. The molecule has 0 aliphatic carbocycles. The molecular weight excluding hydrogens is 258 g/mol. The smallest absolute Gasteiger partial charge is 0.118 e. The van der Waals surface area contributed by atoms with E-state index in [4.69, 9.17) is 4.74 Å². The van der Waals surface area contributed by atoms with Gasteiger partial charge in [-0.05, 0) is 54.7 Å². The van der Waals surface area contributed by atoms with Crippen molar-refractivity contribution in [3.05, 3.63) is 59.7 Å². The van der Waals surface area contributed by atoms with Gasteiger partial charge in [0.15, 0.2) is 0 Å². The maximum Gasteiger partial charge on any atom is 0.118 e. The molecule has 0 saturated carbocycles. The molecule has 0 amide bonds. The summed E-state index contributed by atoms with van der Waals surface area (Å²) in [5.74, 6) is 1.49. The topological polar surface area (TPSA) is 21.3 Å². The van der Waals surface area contributed by atoms with Crippen LogP contribution in [0.5, 0.6) is 5.75 Å². The summed E-state index contributed by atoms with van der Waals surface area (Å²) < 4.78 is 5.18. The molecule has 0 fully saturated rings. The Bertz CT molecular complexity index is 543. The Hall–Kier alpha value is -1.96. The third kappa shape index (κ3) is 4.52. The second-order valence-electron chi connectivity index (χ2n) is 5.87. The Morgan fingerprint density at radius 1 is 0.905 bits per heavy atom. The Morgan fingerprint density at radius 3 is 2.05 bits per heavy atom. The van der Waals surface area contributed by atoms with Gasteiger partial charge >= 0.3 is 0 Å². The van der Waals surface area contributed by atoms with E-state index in [9.17, 15) is 0 Å². The lowest BCUT2D eigenvalue weighted by atomic mass is 10.0. The van der Waals surface area contributed by atoms with Crippen LogP contribution in [0.3, 0.4) is 0 Å². The van der Waals surface area contributed by atoms with E-state index in [0.29, 0.717) is 12.0 Å². The monoisotopic (exact) mass is 283 g/mol. The molecule has 2 aromatic carbocycles. The first kappa shape index (κ1) is 15.4. The molecule has 112 valence electrons. The van der Waals surface area contributed by atoms with Gasteiger partial charge in [-0.1, -0.05) is 38.1 Å². The van der Waals surface area contributed by atoms with Gasteiger partial charge in [-0.25, -0.2) is 0 Å². The highest BCUT2D eigenvalue weighted by atomic mass is 16.5. The first-order valence-electron chi connectivity index (χ1n) is 7.58. The van der Waals surface area contributed by atoms with Crippen LogP contribution >= 0.6 is 0 Å². The number of anilines is 1. The SMILES string of the molecule is COc1ccc(CC(C)Nc2ccc(C(C)C)cc2)cc1. The van der Waals surface area contributed by atoms with E-state index < -0.39 is 0 Å². The quantitative estimate of drug-likeness (QED) is 0.817. The Kier molecular flexibility index (Phi) is 5.26. The van der Waals surface area contributed by atoms with Crippen LogP contribution in [0, 0.1) is 0 Å². The summed E-state index contributed by atoms with van der Waals surface area (Å²) in [5.41, 5.74) is 3.87. The molecule has 1 unspecified atom stereocenters. The van der Waals surface area contributed by atoms with E-state index in [-0.39, 0.29) is 0 Å². The average molecular weight is 283 g/mol. The molecule has 0 radical (unpaired) electrons. The van der Waals surface area contributed by atoms with Crippen molar-refractivity contribution in [2.75, 3.05) is 12.4 Å². The number of nitrogens with one attached hydrogen (secondary N) is 1. The number of hydrogen-bond acceptors (Lipinski definition) is 2. The molecule has 0 spiro atoms. The fourth-order valence-corrected chi connectivity index (χ4v) is 2.41. The molecule has 0 heterocycles. The van der Waals surface area contributed by atoms with Crippen LogP contribution in [0.15, 0.2) is 48.5 Å². The molecule has 2 heteroatoms. The summed E-state index contributed by atoms with van der Waals surface area (Å²) >= 11 is 0. The maximum atomic E-state index is 5.18. The van der Waals surface area contributed by atoms with Crippen LogP contribution in [-0.4, -0.2) is 13.2 Å². The van der Waals surface area contributed by atoms with E-state index in [1.165, 1.54) is 16.8 Å². The predicted molar refractivity (Wildman–Crippen MR) is 90.3 cm³/mol. The molecule has 2 nitrogen and oxygen atoms in total. The van der Waals surface area contributed by atoms with E-state index in [1.54, 1.807) is 7.11 Å². The number of hydrogen-bond donors (Lipinski definition) is 1. The zero-order valence-electron chi connectivity index (χ0n) is 13.4. The number of rotatable bonds is 6. The van der Waals surface area contributed by atoms with Gasteiger partial charge in [-0.3, -0.25) is 0 Å². The van der Waals surface area contributed by atoms with Gasteiger partial charge in [0.05, 0.1) is 7.11 Å². The van der Waals surface area contributed by atoms with Crippen molar-refractivity contribution >= 4 is 5.69 Å². The van der Waals surface area contributed by atoms with Gasteiger partial charge in [0.25, 0.3) is 0 Å². The molecule has 0 aliphatic heterocycles. The van der Waals surface area contributed by atoms with E-state index >= 15 is 0 Å². The van der Waals surface area contributed by atoms with Crippen LogP contribution in [0.1, 0.15) is 37.8 Å². The van der Waals surface area contributed by atoms with Gasteiger partial charge < -0.3 is 10.1 Å². The Balaban J connectivity index is 1.92. The van der Waals surface area contributed by atoms with Gasteiger partial charge in [0.1, 0.15) is 5.75 Å². The van der Waals surface area contributed by atoms with Crippen LogP contribution < -0.4 is 10.1 Å². The normalized spacial score (nSPS) is 12.2. The Labute approximate surface area is 128 Å². The van der Waals surface area contributed by atoms with Crippen molar-refractivity contribution in [2.45, 2.75) is 39.2 Å². The molecule has 0 bridgehead atoms. The molecule has 1 atom stereocenters. The molecule has 2 aromatic rings. The minimum atomic E-state index is 0.392. The van der Waals surface area contributed by atoms with E-state index in [2.05, 4.69) is 62.5 Å². The summed E-state index contributed by atoms with van der Waals surface area (Å²) in [4.78, 5) is 0. The van der Waals surface area contributed by atoms with Crippen LogP contribution in [0.2, 0.25) is 0 Å². The van der Waals surface area contributed by atoms with E-state index in [1.807, 2.05) is 12.1 Å². The summed E-state index contributed by atoms with van der Waals surface area (Å²) in [6, 6.07) is 17.4. The number of benzene rings is 2. The molecule has 0 aliphatic rings. The van der Waals surface area contributed by atoms with Gasteiger partial charge in [0.2, 0.25) is 0 Å². The van der Waals surface area contributed by atoms with Crippen molar-refractivity contribution in [3.63, 3.8) is 0 Å². The van der Waals surface area contributed by atoms with E-state index in [0.717, 1.165) is 12.2 Å². The number of ether oxygens (including phenoxy) is 1. The molecule has 0 aromatic heterocycles. The average Bonchev–Trinajstić information content (AvgIpc) is 2.48. The highest BCUT2D eigenvalue weighted by Crippen LogP contribution is 2.19. The van der Waals surface area contributed by atoms with Crippen LogP contribution in [0.25, 0.3) is 0 Å². The third-order valence-corrected chi connectivity index (χ3v) is 3.69. The molecule has 0 saturated heterocycles. The first-order valence-corrected chi connectivity index (χ1v) is 7.58. The van der Waals surface area contributed by atoms with Crippen molar-refractivity contribution < 1.29 is 4.74 Å². The fourth-order valence-electron chi connectivity index (χ4n) is 2.41. The zero-order chi connectivity index (χ0) is 15.2. The maximum absolute atomic E-state index is 5.18. The van der Waals surface area contributed by atoms with Gasteiger partial charge in [-0.2, -0.15) is 0 Å². The van der Waals surface area contributed by atoms with Crippen molar-refractivity contribution in [1.82, 2.24) is 0 Å². The Morgan fingerprint density at radius 2 is 1.52 bits per heavy atom. The highest BCUT2D eigenvalue weighted by Gasteiger charge is 2.05. The van der Waals surface area contributed by atoms with Crippen molar-refractivity contribution in [1.29, 1.82) is 0 Å². The highest BCUT2D eigenvalue weighted by molar-refractivity contribution is 5.46. The lowest BCUT2D eigenvalue weighted by molar-refractivity contribution is 0.414. The largest absolute Gasteiger partial charge is 0.497 e. The lowest BCUT2D eigenvalue weighted by Crippen LogP contribution is -2.18.